The molecular formula is C16H17N5O3S. The monoisotopic (exact) mass is 359 g/mol. The van der Waals surface area contributed by atoms with Gasteiger partial charge in [-0.25, -0.2) is 14.8 Å². The molecule has 0 atom stereocenters. The van der Waals surface area contributed by atoms with Crippen LogP contribution in [-0.4, -0.2) is 45.7 Å². The smallest absolute Gasteiger partial charge is 0.341 e. The quantitative estimate of drug-likeness (QED) is 0.682. The van der Waals surface area contributed by atoms with Crippen LogP contribution in [0.4, 0.5) is 5.82 Å². The third kappa shape index (κ3) is 3.24. The van der Waals surface area contributed by atoms with Crippen molar-refractivity contribution in [1.82, 2.24) is 14.5 Å². The van der Waals surface area contributed by atoms with E-state index in [1.807, 2.05) is 11.9 Å². The summed E-state index contributed by atoms with van der Waals surface area (Å²) >= 11 is 1.33. The molecular weight excluding hydrogens is 342 g/mol. The fraction of sp³-hybridized carbons (Fsp3) is 0.250. The zero-order chi connectivity index (χ0) is 18.0. The Morgan fingerprint density at radius 1 is 1.44 bits per heavy atom. The van der Waals surface area contributed by atoms with Crippen molar-refractivity contribution in [2.75, 3.05) is 25.0 Å². The van der Waals surface area contributed by atoms with Gasteiger partial charge in [0.1, 0.15) is 11.4 Å². The van der Waals surface area contributed by atoms with Crippen molar-refractivity contribution in [1.29, 1.82) is 0 Å². The van der Waals surface area contributed by atoms with Gasteiger partial charge in [0.2, 0.25) is 5.43 Å². The Labute approximate surface area is 147 Å². The maximum atomic E-state index is 12.5. The van der Waals surface area contributed by atoms with Crippen LogP contribution in [0.3, 0.4) is 0 Å². The molecule has 0 spiro atoms. The van der Waals surface area contributed by atoms with Crippen LogP contribution < -0.4 is 16.1 Å². The lowest BCUT2D eigenvalue weighted by Gasteiger charge is -2.19. The van der Waals surface area contributed by atoms with Crippen molar-refractivity contribution in [3.63, 3.8) is 0 Å². The van der Waals surface area contributed by atoms with Crippen molar-refractivity contribution in [2.24, 2.45) is 5.73 Å². The Morgan fingerprint density at radius 3 is 2.88 bits per heavy atom. The van der Waals surface area contributed by atoms with E-state index in [0.717, 1.165) is 13.0 Å². The second kappa shape index (κ2) is 6.99. The first kappa shape index (κ1) is 17.1. The molecule has 3 rings (SSSR count). The van der Waals surface area contributed by atoms with Crippen LogP contribution in [-0.2, 0) is 0 Å². The zero-order valence-electron chi connectivity index (χ0n) is 13.5. The molecule has 0 aliphatic carbocycles. The van der Waals surface area contributed by atoms with E-state index in [2.05, 4.69) is 9.97 Å². The molecule has 3 aromatic heterocycles. The van der Waals surface area contributed by atoms with Crippen LogP contribution >= 0.6 is 11.3 Å². The van der Waals surface area contributed by atoms with Gasteiger partial charge in [-0.2, -0.15) is 0 Å². The average Bonchev–Trinajstić information content (AvgIpc) is 3.13. The number of carboxylic acid groups (broad SMARTS) is 1. The van der Waals surface area contributed by atoms with Crippen LogP contribution in [0.25, 0.3) is 16.2 Å². The summed E-state index contributed by atoms with van der Waals surface area (Å²) in [5.41, 5.74) is 5.05. The van der Waals surface area contributed by atoms with Gasteiger partial charge in [0.05, 0.1) is 5.39 Å². The topological polar surface area (TPSA) is 114 Å². The number of aromatic nitrogens is 3. The number of nitrogens with two attached hydrogens (primary N) is 1. The SMILES string of the molecule is CN(CCCN)c1ccc2c(=O)c(C(=O)O)cn(-c3nccs3)c2n1. The minimum Gasteiger partial charge on any atom is -0.477 e. The Balaban J connectivity index is 2.24. The van der Waals surface area contributed by atoms with E-state index in [4.69, 9.17) is 5.73 Å². The molecule has 130 valence electrons. The molecule has 0 aliphatic heterocycles. The van der Waals surface area contributed by atoms with Crippen LogP contribution in [0.1, 0.15) is 16.8 Å². The molecule has 0 saturated heterocycles. The van der Waals surface area contributed by atoms with Gasteiger partial charge >= 0.3 is 5.97 Å². The van der Waals surface area contributed by atoms with Gasteiger partial charge in [0.25, 0.3) is 0 Å². The summed E-state index contributed by atoms with van der Waals surface area (Å²) in [5.74, 6) is -0.602. The summed E-state index contributed by atoms with van der Waals surface area (Å²) < 4.78 is 1.55. The lowest BCUT2D eigenvalue weighted by Crippen LogP contribution is -2.23. The Morgan fingerprint density at radius 2 is 2.24 bits per heavy atom. The van der Waals surface area contributed by atoms with Gasteiger partial charge in [-0.05, 0) is 25.1 Å². The molecule has 0 radical (unpaired) electrons. The van der Waals surface area contributed by atoms with E-state index in [1.165, 1.54) is 17.5 Å². The molecule has 8 nitrogen and oxygen atoms in total. The van der Waals surface area contributed by atoms with Crippen LogP contribution in [0.5, 0.6) is 0 Å². The maximum Gasteiger partial charge on any atom is 0.341 e. The van der Waals surface area contributed by atoms with Gasteiger partial charge in [-0.3, -0.25) is 9.36 Å². The summed E-state index contributed by atoms with van der Waals surface area (Å²) in [6.07, 6.45) is 3.71. The predicted octanol–water partition coefficient (Wildman–Crippen LogP) is 1.33. The van der Waals surface area contributed by atoms with Crippen LogP contribution in [0.2, 0.25) is 0 Å². The molecule has 0 unspecified atom stereocenters. The van der Waals surface area contributed by atoms with E-state index in [1.54, 1.807) is 28.3 Å². The van der Waals surface area contributed by atoms with E-state index < -0.39 is 11.4 Å². The highest BCUT2D eigenvalue weighted by atomic mass is 32.1. The second-order valence-electron chi connectivity index (χ2n) is 5.47. The Kier molecular flexibility index (Phi) is 4.77. The molecule has 0 bridgehead atoms. The summed E-state index contributed by atoms with van der Waals surface area (Å²) in [6.45, 7) is 1.30. The summed E-state index contributed by atoms with van der Waals surface area (Å²) in [4.78, 5) is 34.6. The summed E-state index contributed by atoms with van der Waals surface area (Å²) in [5, 5.41) is 11.9. The molecule has 0 aliphatic rings. The number of thiazole rings is 1. The van der Waals surface area contributed by atoms with Gasteiger partial charge in [-0.15, -0.1) is 11.3 Å². The Hall–Kier alpha value is -2.78. The lowest BCUT2D eigenvalue weighted by atomic mass is 10.2. The van der Waals surface area contributed by atoms with Crippen LogP contribution in [0, 0.1) is 0 Å². The number of hydrogen-bond donors (Lipinski definition) is 2. The normalized spacial score (nSPS) is 11.0. The first-order chi connectivity index (χ1) is 12.0. The third-order valence-corrected chi connectivity index (χ3v) is 4.55. The molecule has 0 fully saturated rings. The molecule has 3 heterocycles. The lowest BCUT2D eigenvalue weighted by molar-refractivity contribution is 0.0695. The minimum absolute atomic E-state index is 0.242. The number of nitrogens with zero attached hydrogens (tertiary/aromatic N) is 4. The average molecular weight is 359 g/mol. The van der Waals surface area contributed by atoms with E-state index in [0.29, 0.717) is 23.1 Å². The van der Waals surface area contributed by atoms with E-state index >= 15 is 0 Å². The highest BCUT2D eigenvalue weighted by Crippen LogP contribution is 2.21. The predicted molar refractivity (Wildman–Crippen MR) is 96.9 cm³/mol. The highest BCUT2D eigenvalue weighted by Gasteiger charge is 2.18. The van der Waals surface area contributed by atoms with Crippen molar-refractivity contribution in [3.8, 4) is 5.13 Å². The van der Waals surface area contributed by atoms with Gasteiger partial charge in [-0.1, -0.05) is 0 Å². The number of anilines is 1. The van der Waals surface area contributed by atoms with Gasteiger partial charge in [0, 0.05) is 31.4 Å². The second-order valence-corrected chi connectivity index (χ2v) is 6.34. The van der Waals surface area contributed by atoms with E-state index in [9.17, 15) is 14.7 Å². The summed E-state index contributed by atoms with van der Waals surface area (Å²) in [7, 11) is 1.89. The van der Waals surface area contributed by atoms with Crippen molar-refractivity contribution < 1.29 is 9.90 Å². The molecule has 25 heavy (non-hydrogen) atoms. The van der Waals surface area contributed by atoms with Crippen molar-refractivity contribution >= 4 is 34.2 Å². The number of carbonyl (C=O) groups is 1. The number of aromatic carboxylic acids is 1. The standard InChI is InChI=1S/C16H17N5O3S/c1-20(7-2-5-17)12-4-3-10-13(22)11(15(23)24)9-21(14(10)19-12)16-18-6-8-25-16/h3-4,6,8-9H,2,5,7,17H2,1H3,(H,23,24). The number of fused-ring (bicyclic) bond motifs is 1. The van der Waals surface area contributed by atoms with Crippen molar-refractivity contribution in [3.05, 3.63) is 45.7 Å². The molecule has 0 saturated carbocycles. The molecule has 0 amide bonds. The number of carboxylic acids is 1. The van der Waals surface area contributed by atoms with Crippen LogP contribution in [0.15, 0.2) is 34.7 Å². The first-order valence-electron chi connectivity index (χ1n) is 7.63. The van der Waals surface area contributed by atoms with Crippen molar-refractivity contribution in [2.45, 2.75) is 6.42 Å². The number of pyridine rings is 2. The third-order valence-electron chi connectivity index (χ3n) is 3.78. The number of rotatable bonds is 6. The highest BCUT2D eigenvalue weighted by molar-refractivity contribution is 7.12. The van der Waals surface area contributed by atoms with Gasteiger partial charge in [0.15, 0.2) is 10.8 Å². The molecule has 3 N–H and O–H groups in total. The summed E-state index contributed by atoms with van der Waals surface area (Å²) in [6, 6.07) is 3.31. The Bertz CT molecular complexity index is 968. The largest absolute Gasteiger partial charge is 0.477 e. The van der Waals surface area contributed by atoms with Gasteiger partial charge < -0.3 is 15.7 Å². The minimum atomic E-state index is -1.28. The molecule has 3 aromatic rings. The first-order valence-corrected chi connectivity index (χ1v) is 8.51. The maximum absolute atomic E-state index is 12.5. The fourth-order valence-corrected chi connectivity index (χ4v) is 3.10. The number of hydrogen-bond acceptors (Lipinski definition) is 7. The molecule has 9 heteroatoms. The van der Waals surface area contributed by atoms with E-state index in [-0.39, 0.29) is 10.9 Å². The fourth-order valence-electron chi connectivity index (χ4n) is 2.48. The molecule has 0 aromatic carbocycles. The zero-order valence-corrected chi connectivity index (χ0v) is 14.4.